The molecule has 4 fully saturated rings. The molecule has 0 radical (unpaired) electrons. The minimum atomic E-state index is -1.80. The molecule has 8 aliphatic rings. The van der Waals surface area contributed by atoms with Gasteiger partial charge in [0.1, 0.15) is 11.7 Å². The number of nitrogens with zero attached hydrogens (tertiary/aromatic N) is 2. The summed E-state index contributed by atoms with van der Waals surface area (Å²) in [6, 6.07) is 6.34. The first-order chi connectivity index (χ1) is 23.0. The molecule has 2 saturated heterocycles. The Kier molecular flexibility index (Phi) is 5.55. The van der Waals surface area contributed by atoms with Crippen LogP contribution in [0.25, 0.3) is 0 Å². The Hall–Kier alpha value is -3.41. The van der Waals surface area contributed by atoms with Crippen LogP contribution in [-0.4, -0.2) is 108 Å². The lowest BCUT2D eigenvalue weighted by atomic mass is 9.42. The summed E-state index contributed by atoms with van der Waals surface area (Å²) in [5, 5.41) is 61.6. The number of ketones is 1. The van der Waals surface area contributed by atoms with E-state index in [1.54, 1.807) is 12.1 Å². The van der Waals surface area contributed by atoms with Crippen molar-refractivity contribution in [1.29, 1.82) is 0 Å². The van der Waals surface area contributed by atoms with Crippen LogP contribution in [0.3, 0.4) is 0 Å². The molecule has 4 aliphatic carbocycles. The zero-order valence-corrected chi connectivity index (χ0v) is 26.9. The van der Waals surface area contributed by atoms with E-state index in [0.29, 0.717) is 51.9 Å². The first-order valence-electron chi connectivity index (χ1n) is 17.4. The number of phenols is 2. The fraction of sp³-hybridized carbons (Fsp3) is 0.553. The van der Waals surface area contributed by atoms with E-state index in [9.17, 15) is 25.5 Å². The van der Waals surface area contributed by atoms with Crippen LogP contribution >= 0.6 is 0 Å². The number of piperidine rings is 2. The summed E-state index contributed by atoms with van der Waals surface area (Å²) >= 11 is 0. The van der Waals surface area contributed by atoms with Crippen LogP contribution < -0.4 is 9.47 Å². The van der Waals surface area contributed by atoms with Crippen LogP contribution in [0, 0.1) is 5.92 Å². The largest absolute Gasteiger partial charge is 0.504 e. The van der Waals surface area contributed by atoms with Gasteiger partial charge >= 0.3 is 0 Å². The van der Waals surface area contributed by atoms with Gasteiger partial charge < -0.3 is 35.0 Å². The molecule has 5 N–H and O–H groups in total. The van der Waals surface area contributed by atoms with Gasteiger partial charge in [0, 0.05) is 42.8 Å². The van der Waals surface area contributed by atoms with Crippen LogP contribution in [0.5, 0.6) is 23.0 Å². The van der Waals surface area contributed by atoms with E-state index in [1.807, 2.05) is 24.3 Å². The summed E-state index contributed by atoms with van der Waals surface area (Å²) in [5.41, 5.74) is -3.35. The van der Waals surface area contributed by atoms with E-state index in [0.717, 1.165) is 22.3 Å². The van der Waals surface area contributed by atoms with Gasteiger partial charge in [-0.1, -0.05) is 24.3 Å². The highest BCUT2D eigenvalue weighted by Crippen LogP contribution is 2.71. The van der Waals surface area contributed by atoms with Crippen LogP contribution in [0.4, 0.5) is 0 Å². The van der Waals surface area contributed by atoms with E-state index in [4.69, 9.17) is 9.47 Å². The lowest BCUT2D eigenvalue weighted by Crippen LogP contribution is -2.83. The molecular weight excluding hydrogens is 612 g/mol. The molecule has 4 aliphatic heterocycles. The lowest BCUT2D eigenvalue weighted by molar-refractivity contribution is -0.261. The van der Waals surface area contributed by atoms with E-state index < -0.39 is 45.8 Å². The highest BCUT2D eigenvalue weighted by atomic mass is 16.5. The minimum absolute atomic E-state index is 0.0232. The maximum absolute atomic E-state index is 15.1. The number of rotatable bonds is 5. The highest BCUT2D eigenvalue weighted by Gasteiger charge is 2.81. The van der Waals surface area contributed by atoms with Gasteiger partial charge in [0.25, 0.3) is 0 Å². The standard InChI is InChI=1S/C38H42N2O8/c1-3-13-39-16-12-35-28-21-6-8-24(42)31(28)48-33(35)36(44,9-10-37(35,45)25(39)17-21)22-19-38(46)26-18-20-5-7-23(41)30-27(20)34(38,32(47-30)29(22)43)11-15-40(26)14-4-2/h3-8,22,25-26,32-33,41-42,44-46H,1-2,9-19H2/t22?,25?,26?,32?,33?,34?,35?,36?,37-,38-/m1/s1. The average Bonchev–Trinajstić information content (AvgIpc) is 3.61. The van der Waals surface area contributed by atoms with Crippen molar-refractivity contribution in [1.82, 2.24) is 9.80 Å². The Balaban J connectivity index is 1.15. The Morgan fingerprint density at radius 1 is 0.771 bits per heavy atom. The number of benzene rings is 2. The predicted molar refractivity (Wildman–Crippen MR) is 173 cm³/mol. The van der Waals surface area contributed by atoms with E-state index in [2.05, 4.69) is 23.0 Å². The quantitative estimate of drug-likeness (QED) is 0.304. The van der Waals surface area contributed by atoms with Crippen molar-refractivity contribution in [3.05, 3.63) is 71.8 Å². The van der Waals surface area contributed by atoms with Crippen molar-refractivity contribution in [3.63, 3.8) is 0 Å². The summed E-state index contributed by atoms with van der Waals surface area (Å²) in [6.45, 7) is 10.3. The van der Waals surface area contributed by atoms with Gasteiger partial charge in [-0.2, -0.15) is 0 Å². The maximum Gasteiger partial charge on any atom is 0.180 e. The number of likely N-dealkylation sites (tertiary alicyclic amines) is 2. The number of carbonyl (C=O) groups excluding carboxylic acids is 1. The zero-order valence-electron chi connectivity index (χ0n) is 26.9. The normalized spacial score (nSPS) is 44.3. The number of aliphatic hydroxyl groups is 3. The number of Topliss-reactive ketones (excluding diaryl/α,β-unsaturated/α-hetero) is 1. The molecule has 2 aromatic carbocycles. The average molecular weight is 655 g/mol. The molecule has 10 atom stereocenters. The topological polar surface area (TPSA) is 143 Å². The monoisotopic (exact) mass is 654 g/mol. The number of hydrogen-bond donors (Lipinski definition) is 5. The molecule has 0 aromatic heterocycles. The molecular formula is C38H42N2O8. The molecule has 4 heterocycles. The minimum Gasteiger partial charge on any atom is -0.504 e. The molecule has 10 rings (SSSR count). The third-order valence-corrected chi connectivity index (χ3v) is 14.5. The summed E-state index contributed by atoms with van der Waals surface area (Å²) in [4.78, 5) is 19.6. The molecule has 48 heavy (non-hydrogen) atoms. The zero-order chi connectivity index (χ0) is 33.2. The molecule has 2 aromatic rings. The molecule has 8 unspecified atom stereocenters. The van der Waals surface area contributed by atoms with Crippen molar-refractivity contribution < 1.29 is 39.8 Å². The Labute approximate surface area is 278 Å². The first-order valence-corrected chi connectivity index (χ1v) is 17.4. The summed E-state index contributed by atoms with van der Waals surface area (Å²) in [7, 11) is 0. The Morgan fingerprint density at radius 3 is 1.96 bits per heavy atom. The maximum atomic E-state index is 15.1. The van der Waals surface area contributed by atoms with Gasteiger partial charge in [-0.05, 0) is 74.8 Å². The van der Waals surface area contributed by atoms with Crippen molar-refractivity contribution in [2.45, 2.75) is 96.9 Å². The van der Waals surface area contributed by atoms with E-state index in [-0.39, 0.29) is 60.1 Å². The van der Waals surface area contributed by atoms with E-state index in [1.165, 1.54) is 0 Å². The van der Waals surface area contributed by atoms with Crippen molar-refractivity contribution in [2.24, 2.45) is 5.92 Å². The summed E-state index contributed by atoms with van der Waals surface area (Å²) < 4.78 is 13.2. The number of aromatic hydroxyl groups is 2. The molecule has 252 valence electrons. The van der Waals surface area contributed by atoms with E-state index >= 15 is 4.79 Å². The summed E-state index contributed by atoms with van der Waals surface area (Å²) in [5.74, 6) is -0.997. The fourth-order valence-corrected chi connectivity index (χ4v) is 12.7. The van der Waals surface area contributed by atoms with Crippen LogP contribution in [-0.2, 0) is 28.5 Å². The molecule has 0 amide bonds. The third-order valence-electron chi connectivity index (χ3n) is 14.5. The number of ether oxygens (including phenoxy) is 2. The van der Waals surface area contributed by atoms with Gasteiger partial charge in [0.2, 0.25) is 0 Å². The highest BCUT2D eigenvalue weighted by molar-refractivity contribution is 5.93. The third kappa shape index (κ3) is 2.93. The van der Waals surface area contributed by atoms with Crippen molar-refractivity contribution >= 4 is 5.78 Å². The van der Waals surface area contributed by atoms with Crippen molar-refractivity contribution in [3.8, 4) is 23.0 Å². The van der Waals surface area contributed by atoms with Gasteiger partial charge in [0.15, 0.2) is 34.9 Å². The van der Waals surface area contributed by atoms with Crippen LogP contribution in [0.2, 0.25) is 0 Å². The second-order valence-electron chi connectivity index (χ2n) is 15.8. The molecule has 2 saturated carbocycles. The lowest BCUT2D eigenvalue weighted by Gasteiger charge is -2.68. The predicted octanol–water partition coefficient (Wildman–Crippen LogP) is 2.00. The van der Waals surface area contributed by atoms with Gasteiger partial charge in [0.05, 0.1) is 27.9 Å². The van der Waals surface area contributed by atoms with Crippen LogP contribution in [0.1, 0.15) is 54.4 Å². The smallest absolute Gasteiger partial charge is 0.180 e. The number of phenolic OH excluding ortho intramolecular Hbond substituents is 2. The van der Waals surface area contributed by atoms with Crippen molar-refractivity contribution in [2.75, 3.05) is 26.2 Å². The molecule has 10 heteroatoms. The molecule has 2 spiro atoms. The van der Waals surface area contributed by atoms with Crippen LogP contribution in [0.15, 0.2) is 49.6 Å². The fourth-order valence-electron chi connectivity index (χ4n) is 12.7. The summed E-state index contributed by atoms with van der Waals surface area (Å²) in [6.07, 6.45) is 3.74. The SMILES string of the molecule is C=CCN1CCC23c4c5ccc(O)c4OC2C(=O)C(C2(O)CC[C@@]4(O)C6Cc7ccc(O)c8c7C4(CCN6CC=C)C2O8)C[C@@]3(O)C1C5. The molecule has 10 nitrogen and oxygen atoms in total. The second-order valence-corrected chi connectivity index (χ2v) is 15.8. The number of hydrogen-bond acceptors (Lipinski definition) is 10. The van der Waals surface area contributed by atoms with Gasteiger partial charge in [-0.3, -0.25) is 14.6 Å². The molecule has 4 bridgehead atoms. The Bertz CT molecular complexity index is 1850. The van der Waals surface area contributed by atoms with Gasteiger partial charge in [-0.15, -0.1) is 13.2 Å². The number of carbonyl (C=O) groups is 1. The second kappa shape index (κ2) is 9.03. The first kappa shape index (κ1) is 29.5. The Morgan fingerprint density at radius 2 is 1.33 bits per heavy atom. The van der Waals surface area contributed by atoms with Gasteiger partial charge in [-0.25, -0.2) is 0 Å².